The molecule has 2 amide bonds. The fourth-order valence-electron chi connectivity index (χ4n) is 2.57. The van der Waals surface area contributed by atoms with Crippen molar-refractivity contribution in [3.05, 3.63) is 0 Å². The van der Waals surface area contributed by atoms with Crippen molar-refractivity contribution >= 4 is 12.2 Å². The molecule has 2 aliphatic rings. The molecule has 1 aliphatic heterocycles. The fourth-order valence-corrected chi connectivity index (χ4v) is 2.57. The number of hydrogen-bond acceptors (Lipinski definition) is 3. The van der Waals surface area contributed by atoms with Crippen LogP contribution in [0.1, 0.15) is 27.2 Å². The van der Waals surface area contributed by atoms with Gasteiger partial charge in [0.2, 0.25) is 0 Å². The highest BCUT2D eigenvalue weighted by atomic mass is 16.6. The number of ether oxygens (including phenoxy) is 1. The zero-order valence-corrected chi connectivity index (χ0v) is 11.0. The van der Waals surface area contributed by atoms with Gasteiger partial charge in [-0.15, -0.1) is 0 Å². The average molecular weight is 256 g/mol. The number of carbonyl (C=O) groups is 2. The van der Waals surface area contributed by atoms with Crippen LogP contribution < -0.4 is 5.32 Å². The largest absolute Gasteiger partial charge is 0.465 e. The van der Waals surface area contributed by atoms with Crippen LogP contribution in [0.25, 0.3) is 0 Å². The minimum atomic E-state index is -0.878. The van der Waals surface area contributed by atoms with Gasteiger partial charge in [0.05, 0.1) is 0 Å². The Kier molecular flexibility index (Phi) is 3.12. The highest BCUT2D eigenvalue weighted by molar-refractivity contribution is 5.69. The van der Waals surface area contributed by atoms with Crippen LogP contribution in [-0.4, -0.2) is 46.9 Å². The van der Waals surface area contributed by atoms with Gasteiger partial charge in [-0.2, -0.15) is 0 Å². The topological polar surface area (TPSA) is 78.9 Å². The monoisotopic (exact) mass is 256 g/mol. The molecule has 0 bridgehead atoms. The highest BCUT2D eigenvalue weighted by Crippen LogP contribution is 2.45. The number of carbonyl (C=O) groups excluding carboxylic acids is 1. The van der Waals surface area contributed by atoms with Crippen LogP contribution in [-0.2, 0) is 4.74 Å². The zero-order valence-electron chi connectivity index (χ0n) is 11.0. The van der Waals surface area contributed by atoms with Crippen LogP contribution in [0.3, 0.4) is 0 Å². The summed E-state index contributed by atoms with van der Waals surface area (Å²) in [7, 11) is 0. The molecule has 0 unspecified atom stereocenters. The molecule has 2 N–H and O–H groups in total. The van der Waals surface area contributed by atoms with E-state index in [0.29, 0.717) is 19.0 Å². The van der Waals surface area contributed by atoms with E-state index in [1.165, 1.54) is 4.90 Å². The van der Waals surface area contributed by atoms with E-state index in [2.05, 4.69) is 5.32 Å². The van der Waals surface area contributed by atoms with Gasteiger partial charge in [-0.05, 0) is 33.1 Å². The predicted molar refractivity (Wildman–Crippen MR) is 64.4 cm³/mol. The van der Waals surface area contributed by atoms with E-state index in [0.717, 1.165) is 6.42 Å². The second-order valence-corrected chi connectivity index (χ2v) is 6.02. The number of likely N-dealkylation sites (tertiary alicyclic amines) is 1. The second kappa shape index (κ2) is 4.33. The summed E-state index contributed by atoms with van der Waals surface area (Å²) in [5.74, 6) is 0.662. The molecule has 0 aromatic heterocycles. The van der Waals surface area contributed by atoms with Crippen LogP contribution >= 0.6 is 0 Å². The third-order valence-electron chi connectivity index (χ3n) is 3.45. The highest BCUT2D eigenvalue weighted by Gasteiger charge is 2.54. The van der Waals surface area contributed by atoms with Crippen LogP contribution in [0.2, 0.25) is 0 Å². The molecule has 0 aromatic rings. The Morgan fingerprint density at radius 3 is 2.56 bits per heavy atom. The Hall–Kier alpha value is -1.46. The molecule has 18 heavy (non-hydrogen) atoms. The molecular weight excluding hydrogens is 236 g/mol. The van der Waals surface area contributed by atoms with E-state index in [4.69, 9.17) is 9.84 Å². The SMILES string of the molecule is CC(C)(C)OC(=O)N[C@H]1[C@@H]2CCN(C(=O)O)C[C@@H]21. The summed E-state index contributed by atoms with van der Waals surface area (Å²) in [6.07, 6.45) is -0.475. The lowest BCUT2D eigenvalue weighted by Crippen LogP contribution is -2.36. The molecular formula is C12H20N2O4. The quantitative estimate of drug-likeness (QED) is 0.745. The lowest BCUT2D eigenvalue weighted by atomic mass is 10.1. The molecule has 1 aliphatic carbocycles. The van der Waals surface area contributed by atoms with E-state index in [1.54, 1.807) is 0 Å². The molecule has 0 aromatic carbocycles. The molecule has 102 valence electrons. The van der Waals surface area contributed by atoms with Gasteiger partial charge in [0, 0.05) is 25.0 Å². The Labute approximate surface area is 106 Å². The van der Waals surface area contributed by atoms with Crippen LogP contribution in [0.15, 0.2) is 0 Å². The van der Waals surface area contributed by atoms with E-state index in [1.807, 2.05) is 20.8 Å². The van der Waals surface area contributed by atoms with E-state index < -0.39 is 17.8 Å². The first kappa shape index (κ1) is 13.0. The van der Waals surface area contributed by atoms with Crippen molar-refractivity contribution in [2.45, 2.75) is 38.8 Å². The number of fused-ring (bicyclic) bond motifs is 1. The average Bonchev–Trinajstić information content (AvgIpc) is 2.88. The van der Waals surface area contributed by atoms with Gasteiger partial charge >= 0.3 is 12.2 Å². The Balaban J connectivity index is 1.81. The van der Waals surface area contributed by atoms with Crippen molar-refractivity contribution in [1.82, 2.24) is 10.2 Å². The maximum absolute atomic E-state index is 11.6. The number of alkyl carbamates (subject to hydrolysis) is 1. The van der Waals surface area contributed by atoms with E-state index in [-0.39, 0.29) is 12.0 Å². The molecule has 0 spiro atoms. The fraction of sp³-hybridized carbons (Fsp3) is 0.833. The number of piperidine rings is 1. The standard InChI is InChI=1S/C12H20N2O4/c1-12(2,3)18-10(15)13-9-7-4-5-14(11(16)17)6-8(7)9/h7-9H,4-6H2,1-3H3,(H,13,15)(H,16,17)/t7-,8+,9+/m1/s1. The Morgan fingerprint density at radius 1 is 1.33 bits per heavy atom. The first-order valence-corrected chi connectivity index (χ1v) is 6.25. The predicted octanol–water partition coefficient (Wildman–Crippen LogP) is 1.51. The van der Waals surface area contributed by atoms with Crippen molar-refractivity contribution in [2.75, 3.05) is 13.1 Å². The van der Waals surface area contributed by atoms with Gasteiger partial charge in [0.15, 0.2) is 0 Å². The molecule has 3 atom stereocenters. The maximum Gasteiger partial charge on any atom is 0.407 e. The molecule has 1 saturated carbocycles. The van der Waals surface area contributed by atoms with Gasteiger partial charge < -0.3 is 20.1 Å². The van der Waals surface area contributed by atoms with Crippen molar-refractivity contribution < 1.29 is 19.4 Å². The lowest BCUT2D eigenvalue weighted by Gasteiger charge is -2.22. The summed E-state index contributed by atoms with van der Waals surface area (Å²) in [6.45, 7) is 6.53. The third-order valence-corrected chi connectivity index (χ3v) is 3.45. The van der Waals surface area contributed by atoms with Crippen molar-refractivity contribution in [1.29, 1.82) is 0 Å². The van der Waals surface area contributed by atoms with Gasteiger partial charge in [-0.3, -0.25) is 0 Å². The number of carboxylic acid groups (broad SMARTS) is 1. The van der Waals surface area contributed by atoms with Gasteiger partial charge in [-0.25, -0.2) is 9.59 Å². The summed E-state index contributed by atoms with van der Waals surface area (Å²) >= 11 is 0. The molecule has 2 rings (SSSR count). The van der Waals surface area contributed by atoms with E-state index >= 15 is 0 Å². The van der Waals surface area contributed by atoms with Crippen LogP contribution in [0.4, 0.5) is 9.59 Å². The first-order chi connectivity index (χ1) is 8.28. The molecule has 2 fully saturated rings. The van der Waals surface area contributed by atoms with Gasteiger partial charge in [-0.1, -0.05) is 0 Å². The normalized spacial score (nSPS) is 30.4. The summed E-state index contributed by atoms with van der Waals surface area (Å²) in [4.78, 5) is 23.9. The van der Waals surface area contributed by atoms with Crippen LogP contribution in [0, 0.1) is 11.8 Å². The lowest BCUT2D eigenvalue weighted by molar-refractivity contribution is 0.0519. The number of amides is 2. The van der Waals surface area contributed by atoms with Gasteiger partial charge in [0.1, 0.15) is 5.60 Å². The van der Waals surface area contributed by atoms with Crippen molar-refractivity contribution in [3.8, 4) is 0 Å². The summed E-state index contributed by atoms with van der Waals surface area (Å²) in [5.41, 5.74) is -0.503. The maximum atomic E-state index is 11.6. The van der Waals surface area contributed by atoms with Crippen LogP contribution in [0.5, 0.6) is 0 Å². The first-order valence-electron chi connectivity index (χ1n) is 6.25. The Bertz CT molecular complexity index is 364. The third kappa shape index (κ3) is 2.86. The summed E-state index contributed by atoms with van der Waals surface area (Å²) in [6, 6.07) is 0.0733. The minimum absolute atomic E-state index is 0.0733. The minimum Gasteiger partial charge on any atom is -0.465 e. The summed E-state index contributed by atoms with van der Waals surface area (Å²) in [5, 5.41) is 11.7. The second-order valence-electron chi connectivity index (χ2n) is 6.02. The number of hydrogen-bond donors (Lipinski definition) is 2. The van der Waals surface area contributed by atoms with E-state index in [9.17, 15) is 9.59 Å². The van der Waals surface area contributed by atoms with Gasteiger partial charge in [0.25, 0.3) is 0 Å². The molecule has 6 heteroatoms. The number of nitrogens with zero attached hydrogens (tertiary/aromatic N) is 1. The zero-order chi connectivity index (χ0) is 13.5. The number of rotatable bonds is 1. The molecule has 6 nitrogen and oxygen atoms in total. The Morgan fingerprint density at radius 2 is 2.00 bits per heavy atom. The number of nitrogens with one attached hydrogen (secondary N) is 1. The molecule has 1 heterocycles. The molecule has 1 saturated heterocycles. The summed E-state index contributed by atoms with van der Waals surface area (Å²) < 4.78 is 5.19. The molecule has 0 radical (unpaired) electrons. The van der Waals surface area contributed by atoms with Crippen molar-refractivity contribution in [2.24, 2.45) is 11.8 Å². The smallest absolute Gasteiger partial charge is 0.407 e. The van der Waals surface area contributed by atoms with Crippen molar-refractivity contribution in [3.63, 3.8) is 0 Å².